The normalized spacial score (nSPS) is 33.3. The van der Waals surface area contributed by atoms with Crippen LogP contribution in [0.15, 0.2) is 12.1 Å². The number of aliphatic hydroxyl groups is 3. The molecule has 0 radical (unpaired) electrons. The van der Waals surface area contributed by atoms with Crippen LogP contribution in [0.3, 0.4) is 0 Å². The quantitative estimate of drug-likeness (QED) is 0.751. The van der Waals surface area contributed by atoms with Crippen molar-refractivity contribution >= 4 is 5.78 Å². The SMILES string of the molecule is COc1cc(OC)c2c(c1)C(=O)[C@@H]1C[C@@H](O)C[C@@]2(O)[C@@H]1CO. The number of hydrogen-bond donors (Lipinski definition) is 3. The lowest BCUT2D eigenvalue weighted by atomic mass is 9.58. The second-order valence-corrected chi connectivity index (χ2v) is 6.03. The van der Waals surface area contributed by atoms with E-state index in [9.17, 15) is 20.1 Å². The van der Waals surface area contributed by atoms with Gasteiger partial charge in [0, 0.05) is 42.1 Å². The summed E-state index contributed by atoms with van der Waals surface area (Å²) in [5.41, 5.74) is -0.798. The first-order chi connectivity index (χ1) is 10.5. The number of methoxy groups -OCH3 is 2. The minimum Gasteiger partial charge on any atom is -0.497 e. The number of aliphatic hydroxyl groups excluding tert-OH is 2. The molecule has 0 saturated heterocycles. The van der Waals surface area contributed by atoms with Crippen LogP contribution < -0.4 is 9.47 Å². The van der Waals surface area contributed by atoms with Crippen LogP contribution in [0.5, 0.6) is 11.5 Å². The summed E-state index contributed by atoms with van der Waals surface area (Å²) >= 11 is 0. The summed E-state index contributed by atoms with van der Waals surface area (Å²) in [6.45, 7) is -0.325. The molecule has 3 N–H and O–H groups in total. The molecule has 0 spiro atoms. The highest BCUT2D eigenvalue weighted by atomic mass is 16.5. The highest BCUT2D eigenvalue weighted by Crippen LogP contribution is 2.54. The predicted octanol–water partition coefficient (Wildman–Crippen LogP) is 0.467. The summed E-state index contributed by atoms with van der Waals surface area (Å²) in [6.07, 6.45) is -0.482. The molecule has 2 aliphatic rings. The third-order valence-electron chi connectivity index (χ3n) is 4.94. The molecule has 0 unspecified atom stereocenters. The lowest BCUT2D eigenvalue weighted by Gasteiger charge is -2.49. The summed E-state index contributed by atoms with van der Waals surface area (Å²) < 4.78 is 10.5. The first-order valence-corrected chi connectivity index (χ1v) is 7.28. The number of fused-ring (bicyclic) bond motifs is 4. The van der Waals surface area contributed by atoms with Crippen LogP contribution in [0, 0.1) is 11.8 Å². The van der Waals surface area contributed by atoms with E-state index in [0.717, 1.165) is 0 Å². The molecule has 0 heterocycles. The maximum absolute atomic E-state index is 12.8. The van der Waals surface area contributed by atoms with Crippen LogP contribution in [-0.2, 0) is 5.60 Å². The molecule has 1 aromatic rings. The third-order valence-corrected chi connectivity index (χ3v) is 4.94. The molecule has 0 aromatic heterocycles. The predicted molar refractivity (Wildman–Crippen MR) is 77.1 cm³/mol. The van der Waals surface area contributed by atoms with Crippen LogP contribution in [0.4, 0.5) is 0 Å². The average Bonchev–Trinajstić information content (AvgIpc) is 2.50. The fourth-order valence-corrected chi connectivity index (χ4v) is 3.95. The van der Waals surface area contributed by atoms with Gasteiger partial charge in [-0.05, 0) is 12.5 Å². The maximum atomic E-state index is 12.8. The van der Waals surface area contributed by atoms with Gasteiger partial charge in [0.25, 0.3) is 0 Å². The Kier molecular flexibility index (Phi) is 3.63. The number of Topliss-reactive ketones (excluding diaryl/α,β-unsaturated/α-hetero) is 1. The van der Waals surface area contributed by atoms with E-state index < -0.39 is 23.5 Å². The molecule has 22 heavy (non-hydrogen) atoms. The van der Waals surface area contributed by atoms with Crippen molar-refractivity contribution in [3.63, 3.8) is 0 Å². The van der Waals surface area contributed by atoms with Crippen molar-refractivity contribution < 1.29 is 29.6 Å². The van der Waals surface area contributed by atoms with Gasteiger partial charge in [0.15, 0.2) is 5.78 Å². The van der Waals surface area contributed by atoms with Crippen molar-refractivity contribution in [3.05, 3.63) is 23.3 Å². The molecule has 120 valence electrons. The Hall–Kier alpha value is -1.63. The lowest BCUT2D eigenvalue weighted by molar-refractivity contribution is -0.131. The minimum absolute atomic E-state index is 0.0672. The van der Waals surface area contributed by atoms with Gasteiger partial charge in [-0.3, -0.25) is 4.79 Å². The number of benzene rings is 1. The van der Waals surface area contributed by atoms with Crippen molar-refractivity contribution in [3.8, 4) is 11.5 Å². The van der Waals surface area contributed by atoms with Crippen molar-refractivity contribution in [2.24, 2.45) is 11.8 Å². The molecule has 3 rings (SSSR count). The third kappa shape index (κ3) is 1.95. The zero-order valence-electron chi connectivity index (χ0n) is 12.6. The molecule has 2 aliphatic carbocycles. The van der Waals surface area contributed by atoms with E-state index in [1.807, 2.05) is 0 Å². The van der Waals surface area contributed by atoms with Crippen LogP contribution >= 0.6 is 0 Å². The van der Waals surface area contributed by atoms with Crippen LogP contribution in [0.2, 0.25) is 0 Å². The van der Waals surface area contributed by atoms with Crippen LogP contribution in [0.1, 0.15) is 28.8 Å². The highest BCUT2D eigenvalue weighted by molar-refractivity contribution is 6.02. The van der Waals surface area contributed by atoms with E-state index in [2.05, 4.69) is 0 Å². The molecule has 0 aliphatic heterocycles. The first-order valence-electron chi connectivity index (χ1n) is 7.28. The zero-order valence-corrected chi connectivity index (χ0v) is 12.6. The molecule has 1 saturated carbocycles. The maximum Gasteiger partial charge on any atom is 0.167 e. The van der Waals surface area contributed by atoms with E-state index >= 15 is 0 Å². The topological polar surface area (TPSA) is 96.2 Å². The number of carbonyl (C=O) groups is 1. The molecule has 4 atom stereocenters. The van der Waals surface area contributed by atoms with E-state index in [-0.39, 0.29) is 25.2 Å². The van der Waals surface area contributed by atoms with Gasteiger partial charge in [-0.15, -0.1) is 0 Å². The summed E-state index contributed by atoms with van der Waals surface area (Å²) in [4.78, 5) is 12.8. The molecular weight excluding hydrogens is 288 g/mol. The first kappa shape index (κ1) is 15.3. The second-order valence-electron chi connectivity index (χ2n) is 6.03. The Labute approximate surface area is 128 Å². The minimum atomic E-state index is -1.49. The van der Waals surface area contributed by atoms with E-state index in [0.29, 0.717) is 22.6 Å². The number of carbonyl (C=O) groups excluding carboxylic acids is 1. The number of ether oxygens (including phenoxy) is 2. The summed E-state index contributed by atoms with van der Waals surface area (Å²) in [5.74, 6) is -0.652. The van der Waals surface area contributed by atoms with Gasteiger partial charge < -0.3 is 24.8 Å². The molecule has 6 nitrogen and oxygen atoms in total. The van der Waals surface area contributed by atoms with Gasteiger partial charge in [-0.2, -0.15) is 0 Å². The Bertz CT molecular complexity index is 613. The number of hydrogen-bond acceptors (Lipinski definition) is 6. The summed E-state index contributed by atoms with van der Waals surface area (Å²) in [6, 6.07) is 3.18. The van der Waals surface area contributed by atoms with Crippen molar-refractivity contribution in [2.45, 2.75) is 24.5 Å². The van der Waals surface area contributed by atoms with Crippen molar-refractivity contribution in [1.82, 2.24) is 0 Å². The second kappa shape index (κ2) is 5.22. The van der Waals surface area contributed by atoms with Gasteiger partial charge in [0.1, 0.15) is 17.1 Å². The van der Waals surface area contributed by atoms with E-state index in [4.69, 9.17) is 9.47 Å². The summed E-state index contributed by atoms with van der Waals surface area (Å²) in [7, 11) is 2.94. The van der Waals surface area contributed by atoms with Crippen LogP contribution in [0.25, 0.3) is 0 Å². The van der Waals surface area contributed by atoms with E-state index in [1.54, 1.807) is 12.1 Å². The van der Waals surface area contributed by atoms with Gasteiger partial charge >= 0.3 is 0 Å². The Balaban J connectivity index is 2.29. The fraction of sp³-hybridized carbons (Fsp3) is 0.562. The zero-order chi connectivity index (χ0) is 16.1. The Morgan fingerprint density at radius 3 is 2.64 bits per heavy atom. The Morgan fingerprint density at radius 2 is 2.05 bits per heavy atom. The van der Waals surface area contributed by atoms with Crippen LogP contribution in [-0.4, -0.2) is 48.0 Å². The molecular formula is C16H20O6. The van der Waals surface area contributed by atoms with Gasteiger partial charge in [-0.25, -0.2) is 0 Å². The van der Waals surface area contributed by atoms with Gasteiger partial charge in [0.2, 0.25) is 0 Å². The van der Waals surface area contributed by atoms with E-state index in [1.165, 1.54) is 14.2 Å². The molecule has 1 fully saturated rings. The highest BCUT2D eigenvalue weighted by Gasteiger charge is 2.56. The smallest absolute Gasteiger partial charge is 0.167 e. The van der Waals surface area contributed by atoms with Crippen molar-refractivity contribution in [2.75, 3.05) is 20.8 Å². The average molecular weight is 308 g/mol. The van der Waals surface area contributed by atoms with Gasteiger partial charge in [-0.1, -0.05) is 0 Å². The number of rotatable bonds is 3. The largest absolute Gasteiger partial charge is 0.497 e. The molecule has 1 aromatic carbocycles. The monoisotopic (exact) mass is 308 g/mol. The fourth-order valence-electron chi connectivity index (χ4n) is 3.95. The molecule has 0 amide bonds. The molecule has 2 bridgehead atoms. The summed E-state index contributed by atoms with van der Waals surface area (Å²) in [5, 5.41) is 30.9. The Morgan fingerprint density at radius 1 is 1.32 bits per heavy atom. The van der Waals surface area contributed by atoms with Crippen molar-refractivity contribution in [1.29, 1.82) is 0 Å². The standard InChI is InChI=1S/C16H20O6/c1-21-9-4-11-14(13(5-9)22-2)16(20)6-8(18)3-10(15(11)19)12(16)7-17/h4-5,8,10,12,17-18,20H,3,6-7H2,1-2H3/t8-,10-,12-,16-/m1/s1. The lowest BCUT2D eigenvalue weighted by Crippen LogP contribution is -2.55. The molecule has 6 heteroatoms. The number of ketones is 1. The van der Waals surface area contributed by atoms with Gasteiger partial charge in [0.05, 0.1) is 20.3 Å².